The topological polar surface area (TPSA) is 27.3 Å². The Labute approximate surface area is 98.6 Å². The Morgan fingerprint density at radius 2 is 2.00 bits per heavy atom. The maximum atomic E-state index is 5.10. The van der Waals surface area contributed by atoms with Gasteiger partial charge in [0, 0.05) is 25.7 Å². The molecule has 1 rings (SSSR count). The molecule has 0 amide bonds. The highest BCUT2D eigenvalue weighted by Gasteiger charge is 2.18. The first kappa shape index (κ1) is 12.7. The summed E-state index contributed by atoms with van der Waals surface area (Å²) in [6.45, 7) is 4.97. The second kappa shape index (κ2) is 7.01. The molecule has 0 unspecified atom stereocenters. The Morgan fingerprint density at radius 1 is 1.33 bits per heavy atom. The second-order valence-electron chi connectivity index (χ2n) is 4.21. The summed E-state index contributed by atoms with van der Waals surface area (Å²) in [5, 5.41) is 7.08. The monoisotopic (exact) mass is 229 g/mol. The van der Waals surface area contributed by atoms with Crippen LogP contribution in [0.15, 0.2) is 0 Å². The fourth-order valence-corrected chi connectivity index (χ4v) is 2.34. The van der Waals surface area contributed by atoms with Crippen LogP contribution in [0.5, 0.6) is 0 Å². The summed E-state index contributed by atoms with van der Waals surface area (Å²) < 4.78 is 0. The Kier molecular flexibility index (Phi) is 5.95. The minimum Gasteiger partial charge on any atom is -0.363 e. The fraction of sp³-hybridized carbons (Fsp3) is 0.909. The van der Waals surface area contributed by atoms with Crippen molar-refractivity contribution in [1.82, 2.24) is 15.5 Å². The zero-order chi connectivity index (χ0) is 11.1. The SMILES string of the molecule is CCNC(=S)NCCN(C)C1CCCC1. The van der Waals surface area contributed by atoms with Crippen molar-refractivity contribution < 1.29 is 0 Å². The van der Waals surface area contributed by atoms with E-state index in [0.717, 1.165) is 30.8 Å². The molecule has 0 aliphatic heterocycles. The minimum atomic E-state index is 0.775. The first-order valence-electron chi connectivity index (χ1n) is 5.96. The van der Waals surface area contributed by atoms with E-state index in [1.807, 2.05) is 0 Å². The predicted octanol–water partition coefficient (Wildman–Crippen LogP) is 1.34. The van der Waals surface area contributed by atoms with Gasteiger partial charge in [0.25, 0.3) is 0 Å². The molecule has 0 atom stereocenters. The highest BCUT2D eigenvalue weighted by molar-refractivity contribution is 7.80. The normalized spacial score (nSPS) is 17.0. The lowest BCUT2D eigenvalue weighted by molar-refractivity contribution is 0.249. The standard InChI is InChI=1S/C11H23N3S/c1-3-12-11(15)13-8-9-14(2)10-6-4-5-7-10/h10H,3-9H2,1-2H3,(H2,12,13,15). The Hall–Kier alpha value is -0.350. The number of rotatable bonds is 5. The van der Waals surface area contributed by atoms with Crippen LogP contribution in [0.25, 0.3) is 0 Å². The maximum Gasteiger partial charge on any atom is 0.166 e. The van der Waals surface area contributed by atoms with Crippen molar-refractivity contribution in [3.05, 3.63) is 0 Å². The molecular formula is C11H23N3S. The molecule has 1 aliphatic carbocycles. The van der Waals surface area contributed by atoms with E-state index in [4.69, 9.17) is 12.2 Å². The summed E-state index contributed by atoms with van der Waals surface area (Å²) in [6, 6.07) is 0.805. The van der Waals surface area contributed by atoms with Gasteiger partial charge >= 0.3 is 0 Å². The van der Waals surface area contributed by atoms with Crippen LogP contribution in [0.3, 0.4) is 0 Å². The Morgan fingerprint density at radius 3 is 2.60 bits per heavy atom. The smallest absolute Gasteiger partial charge is 0.166 e. The second-order valence-corrected chi connectivity index (χ2v) is 4.61. The molecule has 0 aromatic heterocycles. The largest absolute Gasteiger partial charge is 0.363 e. The van der Waals surface area contributed by atoms with Crippen molar-refractivity contribution in [2.75, 3.05) is 26.7 Å². The van der Waals surface area contributed by atoms with Gasteiger partial charge in [0.1, 0.15) is 0 Å². The van der Waals surface area contributed by atoms with Crippen molar-refractivity contribution in [1.29, 1.82) is 0 Å². The summed E-state index contributed by atoms with van der Waals surface area (Å²) in [7, 11) is 2.22. The number of nitrogens with one attached hydrogen (secondary N) is 2. The molecular weight excluding hydrogens is 206 g/mol. The summed E-state index contributed by atoms with van der Waals surface area (Å²) in [5.41, 5.74) is 0. The number of likely N-dealkylation sites (N-methyl/N-ethyl adjacent to an activating group) is 1. The van der Waals surface area contributed by atoms with Gasteiger partial charge in [-0.2, -0.15) is 0 Å². The number of hydrogen-bond acceptors (Lipinski definition) is 2. The molecule has 0 aromatic rings. The third-order valence-corrected chi connectivity index (χ3v) is 3.32. The Bertz CT molecular complexity index is 190. The van der Waals surface area contributed by atoms with Gasteiger partial charge in [0.2, 0.25) is 0 Å². The first-order valence-corrected chi connectivity index (χ1v) is 6.36. The molecule has 0 bridgehead atoms. The Balaban J connectivity index is 2.05. The van der Waals surface area contributed by atoms with Crippen LogP contribution in [0.1, 0.15) is 32.6 Å². The first-order chi connectivity index (χ1) is 7.24. The van der Waals surface area contributed by atoms with Crippen LogP contribution in [-0.4, -0.2) is 42.7 Å². The van der Waals surface area contributed by atoms with Crippen LogP contribution >= 0.6 is 12.2 Å². The van der Waals surface area contributed by atoms with Gasteiger partial charge in [0.05, 0.1) is 0 Å². The maximum absolute atomic E-state index is 5.10. The molecule has 2 N–H and O–H groups in total. The van der Waals surface area contributed by atoms with Gasteiger partial charge in [0.15, 0.2) is 5.11 Å². The molecule has 88 valence electrons. The van der Waals surface area contributed by atoms with Crippen LogP contribution in [0.4, 0.5) is 0 Å². The van der Waals surface area contributed by atoms with E-state index in [1.165, 1.54) is 25.7 Å². The number of hydrogen-bond donors (Lipinski definition) is 2. The fourth-order valence-electron chi connectivity index (χ4n) is 2.10. The molecule has 0 saturated heterocycles. The molecule has 0 spiro atoms. The molecule has 3 nitrogen and oxygen atoms in total. The molecule has 1 aliphatic rings. The lowest BCUT2D eigenvalue weighted by Gasteiger charge is -2.24. The lowest BCUT2D eigenvalue weighted by atomic mass is 10.2. The van der Waals surface area contributed by atoms with Crippen LogP contribution in [0, 0.1) is 0 Å². The van der Waals surface area contributed by atoms with E-state index in [1.54, 1.807) is 0 Å². The molecule has 0 heterocycles. The highest BCUT2D eigenvalue weighted by atomic mass is 32.1. The summed E-state index contributed by atoms with van der Waals surface area (Å²) >= 11 is 5.10. The molecule has 4 heteroatoms. The quantitative estimate of drug-likeness (QED) is 0.696. The van der Waals surface area contributed by atoms with E-state index >= 15 is 0 Å². The van der Waals surface area contributed by atoms with Gasteiger partial charge < -0.3 is 15.5 Å². The van der Waals surface area contributed by atoms with E-state index in [0.29, 0.717) is 0 Å². The summed E-state index contributed by atoms with van der Waals surface area (Å²) in [4.78, 5) is 2.45. The van der Waals surface area contributed by atoms with E-state index < -0.39 is 0 Å². The van der Waals surface area contributed by atoms with Gasteiger partial charge in [-0.1, -0.05) is 12.8 Å². The summed E-state index contributed by atoms with van der Waals surface area (Å²) in [5.74, 6) is 0. The van der Waals surface area contributed by atoms with Crippen molar-refractivity contribution in [3.8, 4) is 0 Å². The molecule has 1 fully saturated rings. The molecule has 15 heavy (non-hydrogen) atoms. The molecule has 0 aromatic carbocycles. The van der Waals surface area contributed by atoms with E-state index in [-0.39, 0.29) is 0 Å². The van der Waals surface area contributed by atoms with Gasteiger partial charge in [-0.05, 0) is 39.0 Å². The highest BCUT2D eigenvalue weighted by Crippen LogP contribution is 2.21. The van der Waals surface area contributed by atoms with Crippen molar-refractivity contribution in [2.24, 2.45) is 0 Å². The van der Waals surface area contributed by atoms with Gasteiger partial charge in [-0.3, -0.25) is 0 Å². The predicted molar refractivity (Wildman–Crippen MR) is 69.2 cm³/mol. The zero-order valence-corrected chi connectivity index (χ0v) is 10.7. The van der Waals surface area contributed by atoms with Gasteiger partial charge in [-0.15, -0.1) is 0 Å². The van der Waals surface area contributed by atoms with E-state index in [2.05, 4.69) is 29.5 Å². The summed E-state index contributed by atoms with van der Waals surface area (Å²) in [6.07, 6.45) is 5.54. The van der Waals surface area contributed by atoms with Crippen LogP contribution < -0.4 is 10.6 Å². The molecule has 1 saturated carbocycles. The third kappa shape index (κ3) is 4.80. The van der Waals surface area contributed by atoms with E-state index in [9.17, 15) is 0 Å². The minimum absolute atomic E-state index is 0.775. The van der Waals surface area contributed by atoms with Crippen molar-refractivity contribution in [2.45, 2.75) is 38.6 Å². The van der Waals surface area contributed by atoms with Crippen LogP contribution in [0.2, 0.25) is 0 Å². The van der Waals surface area contributed by atoms with Crippen molar-refractivity contribution in [3.63, 3.8) is 0 Å². The average Bonchev–Trinajstić information content (AvgIpc) is 2.70. The van der Waals surface area contributed by atoms with Crippen LogP contribution in [-0.2, 0) is 0 Å². The lowest BCUT2D eigenvalue weighted by Crippen LogP contribution is -2.41. The zero-order valence-electron chi connectivity index (χ0n) is 9.88. The molecule has 0 radical (unpaired) electrons. The number of thiocarbonyl (C=S) groups is 1. The number of nitrogens with zero attached hydrogens (tertiary/aromatic N) is 1. The third-order valence-electron chi connectivity index (χ3n) is 3.04. The van der Waals surface area contributed by atoms with Gasteiger partial charge in [-0.25, -0.2) is 0 Å². The van der Waals surface area contributed by atoms with Crippen molar-refractivity contribution >= 4 is 17.3 Å². The average molecular weight is 229 g/mol.